The van der Waals surface area contributed by atoms with Gasteiger partial charge in [-0.2, -0.15) is 0 Å². The highest BCUT2D eigenvalue weighted by Gasteiger charge is 2.02. The van der Waals surface area contributed by atoms with Crippen molar-refractivity contribution in [1.82, 2.24) is 0 Å². The summed E-state index contributed by atoms with van der Waals surface area (Å²) in [5.41, 5.74) is 0.382. The van der Waals surface area contributed by atoms with Gasteiger partial charge in [0, 0.05) is 18.6 Å². The number of unbranched alkanes of at least 4 members (excludes halogenated alkanes) is 1. The summed E-state index contributed by atoms with van der Waals surface area (Å²) in [7, 11) is 0. The summed E-state index contributed by atoms with van der Waals surface area (Å²) in [4.78, 5) is 21.8. The Balaban J connectivity index is 3.19. The summed E-state index contributed by atoms with van der Waals surface area (Å²) in [5.74, 6) is -0.576. The smallest absolute Gasteiger partial charge is 0.333 e. The molecule has 0 aromatic rings. The predicted octanol–water partition coefficient (Wildman–Crippen LogP) is 1.86. The predicted molar refractivity (Wildman–Crippen MR) is 67.1 cm³/mol. The zero-order chi connectivity index (χ0) is 13.8. The van der Waals surface area contributed by atoms with Gasteiger partial charge < -0.3 is 14.2 Å². The SMILES string of the molecule is C=C(C)C(=O)OCCOCCCCOC(=O)CC. The molecule has 18 heavy (non-hydrogen) atoms. The molecule has 0 unspecified atom stereocenters. The Morgan fingerprint density at radius 3 is 2.28 bits per heavy atom. The van der Waals surface area contributed by atoms with Gasteiger partial charge in [0.2, 0.25) is 0 Å². The lowest BCUT2D eigenvalue weighted by Gasteiger charge is -2.06. The van der Waals surface area contributed by atoms with Crippen LogP contribution < -0.4 is 0 Å². The zero-order valence-electron chi connectivity index (χ0n) is 11.2. The van der Waals surface area contributed by atoms with Crippen molar-refractivity contribution in [2.24, 2.45) is 0 Å². The van der Waals surface area contributed by atoms with Crippen molar-refractivity contribution < 1.29 is 23.8 Å². The Hall–Kier alpha value is -1.36. The fourth-order valence-electron chi connectivity index (χ4n) is 1.01. The molecular weight excluding hydrogens is 236 g/mol. The van der Waals surface area contributed by atoms with E-state index in [1.165, 1.54) is 0 Å². The number of carbonyl (C=O) groups excluding carboxylic acids is 2. The van der Waals surface area contributed by atoms with Crippen LogP contribution in [0.15, 0.2) is 12.2 Å². The summed E-state index contributed by atoms with van der Waals surface area (Å²) in [6.07, 6.45) is 1.99. The van der Waals surface area contributed by atoms with Crippen LogP contribution in [-0.2, 0) is 23.8 Å². The van der Waals surface area contributed by atoms with Crippen LogP contribution in [0.4, 0.5) is 0 Å². The van der Waals surface area contributed by atoms with Gasteiger partial charge in [0.1, 0.15) is 6.61 Å². The fraction of sp³-hybridized carbons (Fsp3) is 0.692. The highest BCUT2D eigenvalue weighted by molar-refractivity contribution is 5.86. The van der Waals surface area contributed by atoms with Gasteiger partial charge >= 0.3 is 11.9 Å². The first-order valence-electron chi connectivity index (χ1n) is 6.14. The van der Waals surface area contributed by atoms with Crippen LogP contribution in [0.3, 0.4) is 0 Å². The Morgan fingerprint density at radius 2 is 1.67 bits per heavy atom. The topological polar surface area (TPSA) is 61.8 Å². The quantitative estimate of drug-likeness (QED) is 0.340. The van der Waals surface area contributed by atoms with Crippen molar-refractivity contribution in [3.05, 3.63) is 12.2 Å². The molecule has 5 nitrogen and oxygen atoms in total. The Kier molecular flexibility index (Phi) is 9.96. The van der Waals surface area contributed by atoms with E-state index in [9.17, 15) is 9.59 Å². The zero-order valence-corrected chi connectivity index (χ0v) is 11.2. The molecule has 0 fully saturated rings. The monoisotopic (exact) mass is 258 g/mol. The standard InChI is InChI=1S/C13H22O5/c1-4-12(14)17-8-6-5-7-16-9-10-18-13(15)11(2)3/h2,4-10H2,1,3H3. The van der Waals surface area contributed by atoms with Crippen molar-refractivity contribution in [3.63, 3.8) is 0 Å². The highest BCUT2D eigenvalue weighted by atomic mass is 16.6. The van der Waals surface area contributed by atoms with E-state index >= 15 is 0 Å². The van der Waals surface area contributed by atoms with Gasteiger partial charge in [-0.15, -0.1) is 0 Å². The number of carbonyl (C=O) groups is 2. The summed E-state index contributed by atoms with van der Waals surface area (Å²) in [6, 6.07) is 0. The van der Waals surface area contributed by atoms with Crippen LogP contribution in [0.25, 0.3) is 0 Å². The number of esters is 2. The van der Waals surface area contributed by atoms with Gasteiger partial charge in [0.15, 0.2) is 0 Å². The molecule has 0 aromatic heterocycles. The maximum Gasteiger partial charge on any atom is 0.333 e. The minimum Gasteiger partial charge on any atom is -0.466 e. The number of ether oxygens (including phenoxy) is 3. The molecule has 0 heterocycles. The molecule has 0 rings (SSSR count). The molecule has 0 saturated heterocycles. The molecule has 104 valence electrons. The Labute approximate surface area is 108 Å². The molecule has 0 atom stereocenters. The third-order valence-corrected chi connectivity index (χ3v) is 2.04. The van der Waals surface area contributed by atoms with E-state index in [0.717, 1.165) is 12.8 Å². The molecule has 5 heteroatoms. The number of hydrogen-bond donors (Lipinski definition) is 0. The van der Waals surface area contributed by atoms with E-state index in [4.69, 9.17) is 14.2 Å². The van der Waals surface area contributed by atoms with E-state index in [2.05, 4.69) is 6.58 Å². The molecule has 0 aliphatic carbocycles. The maximum absolute atomic E-state index is 11.0. The average Bonchev–Trinajstić information content (AvgIpc) is 2.35. The molecular formula is C13H22O5. The van der Waals surface area contributed by atoms with Gasteiger partial charge in [0.05, 0.1) is 13.2 Å². The molecule has 0 amide bonds. The number of hydrogen-bond acceptors (Lipinski definition) is 5. The van der Waals surface area contributed by atoms with E-state index < -0.39 is 5.97 Å². The second kappa shape index (κ2) is 10.8. The Bertz CT molecular complexity index is 273. The largest absolute Gasteiger partial charge is 0.466 e. The normalized spacial score (nSPS) is 9.89. The van der Waals surface area contributed by atoms with E-state index in [-0.39, 0.29) is 12.6 Å². The van der Waals surface area contributed by atoms with Crippen LogP contribution in [0.1, 0.15) is 33.1 Å². The Morgan fingerprint density at radius 1 is 1.00 bits per heavy atom. The minimum atomic E-state index is -0.398. The van der Waals surface area contributed by atoms with E-state index in [0.29, 0.717) is 31.8 Å². The lowest BCUT2D eigenvalue weighted by Crippen LogP contribution is -2.11. The second-order valence-corrected chi connectivity index (χ2v) is 3.81. The molecule has 0 saturated carbocycles. The fourth-order valence-corrected chi connectivity index (χ4v) is 1.01. The van der Waals surface area contributed by atoms with Crippen LogP contribution in [0.2, 0.25) is 0 Å². The number of rotatable bonds is 10. The molecule has 0 N–H and O–H groups in total. The summed E-state index contributed by atoms with van der Waals surface area (Å²) in [6.45, 7) is 8.42. The van der Waals surface area contributed by atoms with E-state index in [1.807, 2.05) is 0 Å². The molecule has 0 aliphatic rings. The first-order chi connectivity index (χ1) is 8.57. The van der Waals surface area contributed by atoms with Crippen LogP contribution in [-0.4, -0.2) is 38.4 Å². The third-order valence-electron chi connectivity index (χ3n) is 2.04. The van der Waals surface area contributed by atoms with Gasteiger partial charge in [-0.05, 0) is 19.8 Å². The lowest BCUT2D eigenvalue weighted by atomic mass is 10.3. The second-order valence-electron chi connectivity index (χ2n) is 3.81. The average molecular weight is 258 g/mol. The highest BCUT2D eigenvalue weighted by Crippen LogP contribution is 1.95. The lowest BCUT2D eigenvalue weighted by molar-refractivity contribution is -0.143. The third kappa shape index (κ3) is 9.84. The van der Waals surface area contributed by atoms with Crippen molar-refractivity contribution in [2.45, 2.75) is 33.1 Å². The van der Waals surface area contributed by atoms with Crippen molar-refractivity contribution in [3.8, 4) is 0 Å². The first-order valence-corrected chi connectivity index (χ1v) is 6.14. The van der Waals surface area contributed by atoms with Gasteiger partial charge in [-0.1, -0.05) is 13.5 Å². The van der Waals surface area contributed by atoms with Gasteiger partial charge in [0.25, 0.3) is 0 Å². The van der Waals surface area contributed by atoms with Crippen molar-refractivity contribution >= 4 is 11.9 Å². The summed E-state index contributed by atoms with van der Waals surface area (Å²) in [5, 5.41) is 0. The van der Waals surface area contributed by atoms with Gasteiger partial charge in [-0.3, -0.25) is 4.79 Å². The summed E-state index contributed by atoms with van der Waals surface area (Å²) >= 11 is 0. The van der Waals surface area contributed by atoms with Crippen LogP contribution >= 0.6 is 0 Å². The summed E-state index contributed by atoms with van der Waals surface area (Å²) < 4.78 is 15.0. The molecule has 0 aliphatic heterocycles. The molecule has 0 radical (unpaired) electrons. The maximum atomic E-state index is 11.0. The van der Waals surface area contributed by atoms with Gasteiger partial charge in [-0.25, -0.2) is 4.79 Å². The molecule has 0 bridgehead atoms. The van der Waals surface area contributed by atoms with Crippen molar-refractivity contribution in [2.75, 3.05) is 26.4 Å². The minimum absolute atomic E-state index is 0.178. The van der Waals surface area contributed by atoms with Crippen LogP contribution in [0.5, 0.6) is 0 Å². The van der Waals surface area contributed by atoms with Crippen molar-refractivity contribution in [1.29, 1.82) is 0 Å². The van der Waals surface area contributed by atoms with Crippen LogP contribution in [0, 0.1) is 0 Å². The molecule has 0 aromatic carbocycles. The molecule has 0 spiro atoms. The van der Waals surface area contributed by atoms with E-state index in [1.54, 1.807) is 13.8 Å². The first kappa shape index (κ1) is 16.6.